The Morgan fingerprint density at radius 1 is 1.41 bits per heavy atom. The van der Waals surface area contributed by atoms with Crippen LogP contribution in [0.1, 0.15) is 36.5 Å². The third-order valence-corrected chi connectivity index (χ3v) is 3.74. The van der Waals surface area contributed by atoms with Crippen LogP contribution >= 0.6 is 0 Å². The van der Waals surface area contributed by atoms with E-state index in [1.165, 1.54) is 12.1 Å². The number of halogens is 1. The summed E-state index contributed by atoms with van der Waals surface area (Å²) in [6, 6.07) is 5.88. The molecule has 0 aromatic heterocycles. The molecule has 1 aliphatic heterocycles. The molecule has 2 rings (SSSR count). The quantitative estimate of drug-likeness (QED) is 0.816. The number of carbonyl (C=O) groups excluding carboxylic acids is 1. The standard InChI is InChI=1S/C14H18FNO/c1-2-14(8-3-9-16-10-14)13(17)11-4-6-12(15)7-5-11/h4-7,16H,2-3,8-10H2,1H3. The molecule has 1 heterocycles. The van der Waals surface area contributed by atoms with E-state index >= 15 is 0 Å². The Morgan fingerprint density at radius 3 is 2.65 bits per heavy atom. The van der Waals surface area contributed by atoms with Gasteiger partial charge in [-0.05, 0) is 50.1 Å². The van der Waals surface area contributed by atoms with Gasteiger partial charge in [0.25, 0.3) is 0 Å². The number of ketones is 1. The van der Waals surface area contributed by atoms with Gasteiger partial charge in [0.1, 0.15) is 5.82 Å². The van der Waals surface area contributed by atoms with Crippen molar-refractivity contribution in [3.05, 3.63) is 35.6 Å². The van der Waals surface area contributed by atoms with Crippen molar-refractivity contribution in [2.24, 2.45) is 5.41 Å². The fourth-order valence-corrected chi connectivity index (χ4v) is 2.53. The van der Waals surface area contributed by atoms with Gasteiger partial charge in [0, 0.05) is 17.5 Å². The summed E-state index contributed by atoms with van der Waals surface area (Å²) in [6.07, 6.45) is 2.78. The molecular formula is C14H18FNO. The zero-order valence-corrected chi connectivity index (χ0v) is 10.1. The van der Waals surface area contributed by atoms with Gasteiger partial charge in [-0.3, -0.25) is 4.79 Å². The second kappa shape index (κ2) is 4.96. The maximum absolute atomic E-state index is 12.8. The number of piperidine rings is 1. The normalized spacial score (nSPS) is 24.6. The molecule has 2 nitrogen and oxygen atoms in total. The first-order chi connectivity index (χ1) is 8.18. The molecule has 0 saturated carbocycles. The van der Waals surface area contributed by atoms with Crippen molar-refractivity contribution in [2.75, 3.05) is 13.1 Å². The summed E-state index contributed by atoms with van der Waals surface area (Å²) in [4.78, 5) is 12.5. The number of carbonyl (C=O) groups is 1. The van der Waals surface area contributed by atoms with Crippen LogP contribution in [0.4, 0.5) is 4.39 Å². The lowest BCUT2D eigenvalue weighted by Gasteiger charge is -2.35. The average molecular weight is 235 g/mol. The largest absolute Gasteiger partial charge is 0.316 e. The van der Waals surface area contributed by atoms with Gasteiger partial charge >= 0.3 is 0 Å². The lowest BCUT2D eigenvalue weighted by Crippen LogP contribution is -2.45. The molecule has 0 bridgehead atoms. The minimum atomic E-state index is -0.297. The molecule has 1 N–H and O–H groups in total. The molecule has 1 aromatic carbocycles. The molecule has 1 unspecified atom stereocenters. The van der Waals surface area contributed by atoms with Crippen molar-refractivity contribution in [2.45, 2.75) is 26.2 Å². The molecule has 1 fully saturated rings. The monoisotopic (exact) mass is 235 g/mol. The highest BCUT2D eigenvalue weighted by molar-refractivity contribution is 6.00. The van der Waals surface area contributed by atoms with Gasteiger partial charge in [-0.2, -0.15) is 0 Å². The smallest absolute Gasteiger partial charge is 0.170 e. The number of benzene rings is 1. The van der Waals surface area contributed by atoms with Gasteiger partial charge in [-0.15, -0.1) is 0 Å². The lowest BCUT2D eigenvalue weighted by molar-refractivity contribution is 0.0730. The summed E-state index contributed by atoms with van der Waals surface area (Å²) in [7, 11) is 0. The van der Waals surface area contributed by atoms with Crippen molar-refractivity contribution < 1.29 is 9.18 Å². The summed E-state index contributed by atoms with van der Waals surface area (Å²) < 4.78 is 12.8. The fourth-order valence-electron chi connectivity index (χ4n) is 2.53. The molecule has 0 radical (unpaired) electrons. The van der Waals surface area contributed by atoms with Crippen LogP contribution in [0, 0.1) is 11.2 Å². The maximum Gasteiger partial charge on any atom is 0.170 e. The summed E-state index contributed by atoms with van der Waals surface area (Å²) in [5.41, 5.74) is 0.327. The highest BCUT2D eigenvalue weighted by Crippen LogP contribution is 2.33. The predicted octanol–water partition coefficient (Wildman–Crippen LogP) is 2.79. The van der Waals surface area contributed by atoms with Crippen LogP contribution < -0.4 is 5.32 Å². The van der Waals surface area contributed by atoms with Crippen LogP contribution in [0.5, 0.6) is 0 Å². The van der Waals surface area contributed by atoms with Crippen molar-refractivity contribution in [3.8, 4) is 0 Å². The van der Waals surface area contributed by atoms with Crippen LogP contribution in [-0.4, -0.2) is 18.9 Å². The van der Waals surface area contributed by atoms with E-state index in [1.54, 1.807) is 12.1 Å². The molecular weight excluding hydrogens is 217 g/mol. The molecule has 3 heteroatoms. The van der Waals surface area contributed by atoms with Gasteiger partial charge in [0.15, 0.2) is 5.78 Å². The SMILES string of the molecule is CCC1(C(=O)c2ccc(F)cc2)CCCNC1. The lowest BCUT2D eigenvalue weighted by atomic mass is 9.73. The first kappa shape index (κ1) is 12.2. The topological polar surface area (TPSA) is 29.1 Å². The number of nitrogens with one attached hydrogen (secondary N) is 1. The van der Waals surface area contributed by atoms with Gasteiger partial charge in [0.05, 0.1) is 0 Å². The Hall–Kier alpha value is -1.22. The Balaban J connectivity index is 2.25. The highest BCUT2D eigenvalue weighted by atomic mass is 19.1. The van der Waals surface area contributed by atoms with E-state index in [2.05, 4.69) is 12.2 Å². The second-order valence-electron chi connectivity index (χ2n) is 4.75. The first-order valence-electron chi connectivity index (χ1n) is 6.19. The average Bonchev–Trinajstić information content (AvgIpc) is 2.39. The number of hydrogen-bond acceptors (Lipinski definition) is 2. The van der Waals surface area contributed by atoms with Crippen molar-refractivity contribution in [1.29, 1.82) is 0 Å². The van der Waals surface area contributed by atoms with Crippen LogP contribution in [0.25, 0.3) is 0 Å². The maximum atomic E-state index is 12.8. The Bertz CT molecular complexity index is 393. The molecule has 0 amide bonds. The number of rotatable bonds is 3. The van der Waals surface area contributed by atoms with Gasteiger partial charge in [-0.1, -0.05) is 6.92 Å². The van der Waals surface area contributed by atoms with E-state index in [4.69, 9.17) is 0 Å². The molecule has 1 aliphatic rings. The van der Waals surface area contributed by atoms with Gasteiger partial charge < -0.3 is 5.32 Å². The number of hydrogen-bond donors (Lipinski definition) is 1. The molecule has 92 valence electrons. The number of Topliss-reactive ketones (excluding diaryl/α,β-unsaturated/α-hetero) is 1. The molecule has 1 saturated heterocycles. The van der Waals surface area contributed by atoms with Crippen molar-refractivity contribution in [1.82, 2.24) is 5.32 Å². The third kappa shape index (κ3) is 2.39. The Morgan fingerprint density at radius 2 is 2.12 bits per heavy atom. The molecule has 0 aliphatic carbocycles. The van der Waals surface area contributed by atoms with E-state index < -0.39 is 0 Å². The van der Waals surface area contributed by atoms with Crippen molar-refractivity contribution >= 4 is 5.78 Å². The highest BCUT2D eigenvalue weighted by Gasteiger charge is 2.37. The van der Waals surface area contributed by atoms with E-state index in [-0.39, 0.29) is 17.0 Å². The molecule has 17 heavy (non-hydrogen) atoms. The minimum absolute atomic E-state index is 0.146. The first-order valence-corrected chi connectivity index (χ1v) is 6.19. The Kier molecular flexibility index (Phi) is 3.57. The zero-order valence-electron chi connectivity index (χ0n) is 10.1. The summed E-state index contributed by atoms with van der Waals surface area (Å²) in [5, 5.41) is 3.29. The fraction of sp³-hybridized carbons (Fsp3) is 0.500. The van der Waals surface area contributed by atoms with Crippen LogP contribution in [0.15, 0.2) is 24.3 Å². The van der Waals surface area contributed by atoms with E-state index in [9.17, 15) is 9.18 Å². The van der Waals surface area contributed by atoms with E-state index in [0.717, 1.165) is 32.4 Å². The van der Waals surface area contributed by atoms with Crippen molar-refractivity contribution in [3.63, 3.8) is 0 Å². The molecule has 1 atom stereocenters. The summed E-state index contributed by atoms with van der Waals surface area (Å²) in [5.74, 6) is -0.152. The summed E-state index contributed by atoms with van der Waals surface area (Å²) >= 11 is 0. The van der Waals surface area contributed by atoms with Crippen LogP contribution in [-0.2, 0) is 0 Å². The zero-order chi connectivity index (χ0) is 12.3. The second-order valence-corrected chi connectivity index (χ2v) is 4.75. The van der Waals surface area contributed by atoms with Crippen LogP contribution in [0.3, 0.4) is 0 Å². The predicted molar refractivity (Wildman–Crippen MR) is 65.6 cm³/mol. The molecule has 1 aromatic rings. The van der Waals surface area contributed by atoms with Crippen LogP contribution in [0.2, 0.25) is 0 Å². The van der Waals surface area contributed by atoms with E-state index in [0.29, 0.717) is 5.56 Å². The summed E-state index contributed by atoms with van der Waals surface area (Å²) in [6.45, 7) is 3.77. The minimum Gasteiger partial charge on any atom is -0.316 e. The third-order valence-electron chi connectivity index (χ3n) is 3.74. The molecule has 0 spiro atoms. The van der Waals surface area contributed by atoms with Gasteiger partial charge in [-0.25, -0.2) is 4.39 Å². The van der Waals surface area contributed by atoms with E-state index in [1.807, 2.05) is 0 Å². The van der Waals surface area contributed by atoms with Gasteiger partial charge in [0.2, 0.25) is 0 Å². The Labute approximate surface area is 101 Å².